The Labute approximate surface area is 188 Å². The second kappa shape index (κ2) is 8.89. The maximum atomic E-state index is 13.3. The molecule has 0 saturated carbocycles. The number of halogens is 1. The van der Waals surface area contributed by atoms with Crippen molar-refractivity contribution in [2.75, 3.05) is 6.54 Å². The van der Waals surface area contributed by atoms with E-state index in [1.165, 1.54) is 23.5 Å². The lowest BCUT2D eigenvalue weighted by Crippen LogP contribution is -2.50. The third kappa shape index (κ3) is 4.25. The first kappa shape index (κ1) is 21.7. The van der Waals surface area contributed by atoms with Crippen LogP contribution in [0.4, 0.5) is 9.18 Å². The van der Waals surface area contributed by atoms with E-state index >= 15 is 0 Å². The highest BCUT2D eigenvalue weighted by atomic mass is 32.1. The van der Waals surface area contributed by atoms with Gasteiger partial charge in [0.2, 0.25) is 0 Å². The average Bonchev–Trinajstić information content (AvgIpc) is 3.39. The zero-order valence-corrected chi connectivity index (χ0v) is 18.0. The number of nitrogens with one attached hydrogen (secondary N) is 3. The van der Waals surface area contributed by atoms with Gasteiger partial charge in [-0.15, -0.1) is 11.3 Å². The number of benzene rings is 2. The van der Waals surface area contributed by atoms with Crippen LogP contribution in [0, 0.1) is 5.82 Å². The van der Waals surface area contributed by atoms with Gasteiger partial charge in [0.05, 0.1) is 12.6 Å². The largest absolute Gasteiger partial charge is 0.344 e. The van der Waals surface area contributed by atoms with E-state index in [4.69, 9.17) is 0 Å². The van der Waals surface area contributed by atoms with E-state index in [1.54, 1.807) is 43.3 Å². The van der Waals surface area contributed by atoms with Gasteiger partial charge in [0.15, 0.2) is 0 Å². The van der Waals surface area contributed by atoms with Crippen LogP contribution >= 0.6 is 11.3 Å². The first-order chi connectivity index (χ1) is 15.4. The van der Waals surface area contributed by atoms with Gasteiger partial charge in [-0.1, -0.05) is 48.5 Å². The van der Waals surface area contributed by atoms with Gasteiger partial charge in [0.1, 0.15) is 11.4 Å². The summed E-state index contributed by atoms with van der Waals surface area (Å²) in [6.45, 7) is 1.42. The van der Waals surface area contributed by atoms with Crippen LogP contribution in [0.3, 0.4) is 0 Å². The predicted octanol–water partition coefficient (Wildman–Crippen LogP) is 3.06. The van der Waals surface area contributed by atoms with Crippen LogP contribution in [0.15, 0.2) is 72.1 Å². The molecule has 164 valence electrons. The van der Waals surface area contributed by atoms with E-state index in [0.29, 0.717) is 10.6 Å². The normalized spacial score (nSPS) is 19.0. The van der Waals surface area contributed by atoms with Crippen molar-refractivity contribution in [1.82, 2.24) is 21.1 Å². The summed E-state index contributed by atoms with van der Waals surface area (Å²) in [5, 5.41) is 8.37. The van der Waals surface area contributed by atoms with Gasteiger partial charge in [-0.2, -0.15) is 5.01 Å². The predicted molar refractivity (Wildman–Crippen MR) is 118 cm³/mol. The monoisotopic (exact) mass is 452 g/mol. The number of amides is 4. The Hall–Kier alpha value is -3.56. The summed E-state index contributed by atoms with van der Waals surface area (Å²) in [4.78, 5) is 38.9. The Morgan fingerprint density at radius 2 is 1.81 bits per heavy atom. The smallest absolute Gasteiger partial charge is 0.318 e. The molecule has 2 heterocycles. The Balaban J connectivity index is 1.44. The molecule has 0 aliphatic carbocycles. The lowest BCUT2D eigenvalue weighted by molar-refractivity contribution is -0.138. The third-order valence-electron chi connectivity index (χ3n) is 5.28. The molecule has 0 bridgehead atoms. The van der Waals surface area contributed by atoms with E-state index < -0.39 is 23.4 Å². The van der Waals surface area contributed by atoms with Crippen LogP contribution in [0.2, 0.25) is 0 Å². The number of hydrogen-bond donors (Lipinski definition) is 3. The second-order valence-corrected chi connectivity index (χ2v) is 8.46. The molecule has 9 heteroatoms. The molecule has 1 saturated heterocycles. The maximum Gasteiger partial charge on any atom is 0.344 e. The molecule has 7 nitrogen and oxygen atoms in total. The average molecular weight is 453 g/mol. The standard InChI is InChI=1S/C23H21FN4O3S/c1-23(16-6-3-2-4-7-16)21(30)28(22(31)26-23)27-19(29)14-25-20(18-8-5-13-32-18)15-9-11-17(24)12-10-15/h2-13,20,25H,14H2,1H3,(H,26,31)(H,27,29)/t20-,23+/m1/s1. The molecule has 4 amide bonds. The number of urea groups is 1. The van der Waals surface area contributed by atoms with Crippen LogP contribution in [0.5, 0.6) is 0 Å². The molecule has 2 aromatic carbocycles. The topological polar surface area (TPSA) is 90.5 Å². The molecule has 2 atom stereocenters. The van der Waals surface area contributed by atoms with Gasteiger partial charge in [0.25, 0.3) is 11.8 Å². The fourth-order valence-electron chi connectivity index (χ4n) is 3.56. The maximum absolute atomic E-state index is 13.3. The second-order valence-electron chi connectivity index (χ2n) is 7.48. The van der Waals surface area contributed by atoms with Crippen LogP contribution in [-0.2, 0) is 15.1 Å². The Morgan fingerprint density at radius 3 is 2.47 bits per heavy atom. The van der Waals surface area contributed by atoms with Crippen LogP contribution in [0.25, 0.3) is 0 Å². The Morgan fingerprint density at radius 1 is 1.09 bits per heavy atom. The van der Waals surface area contributed by atoms with E-state index in [1.807, 2.05) is 23.6 Å². The first-order valence-corrected chi connectivity index (χ1v) is 10.8. The number of hydrogen-bond acceptors (Lipinski definition) is 5. The lowest BCUT2D eigenvalue weighted by Gasteiger charge is -2.22. The quantitative estimate of drug-likeness (QED) is 0.481. The molecular weight excluding hydrogens is 431 g/mol. The van der Waals surface area contributed by atoms with Crippen LogP contribution in [0.1, 0.15) is 29.0 Å². The molecule has 32 heavy (non-hydrogen) atoms. The molecule has 4 rings (SSSR count). The van der Waals surface area contributed by atoms with Crippen molar-refractivity contribution in [2.45, 2.75) is 18.5 Å². The molecule has 3 N–H and O–H groups in total. The number of hydrazine groups is 1. The summed E-state index contributed by atoms with van der Waals surface area (Å²) in [5.74, 6) is -1.48. The van der Waals surface area contributed by atoms with Gasteiger partial charge in [-0.3, -0.25) is 20.3 Å². The number of carbonyl (C=O) groups is 3. The molecule has 0 spiro atoms. The number of rotatable bonds is 7. The molecule has 1 aliphatic heterocycles. The highest BCUT2D eigenvalue weighted by Gasteiger charge is 2.49. The minimum atomic E-state index is -1.27. The Bertz CT molecular complexity index is 1120. The van der Waals surface area contributed by atoms with Gasteiger partial charge < -0.3 is 5.32 Å². The summed E-state index contributed by atoms with van der Waals surface area (Å²) in [5.41, 5.74) is 2.51. The number of carbonyl (C=O) groups excluding carboxylic acids is 3. The van der Waals surface area contributed by atoms with Gasteiger partial charge >= 0.3 is 6.03 Å². The molecule has 1 aliphatic rings. The SMILES string of the molecule is C[C@@]1(c2ccccc2)NC(=O)N(NC(=O)CN[C@H](c2ccc(F)cc2)c2cccs2)C1=O. The zero-order valence-electron chi connectivity index (χ0n) is 17.2. The number of nitrogens with zero attached hydrogens (tertiary/aromatic N) is 1. The van der Waals surface area contributed by atoms with Crippen molar-refractivity contribution >= 4 is 29.2 Å². The summed E-state index contributed by atoms with van der Waals surface area (Å²) in [6.07, 6.45) is 0. The summed E-state index contributed by atoms with van der Waals surface area (Å²) >= 11 is 1.50. The summed E-state index contributed by atoms with van der Waals surface area (Å²) in [6, 6.07) is 17.6. The zero-order chi connectivity index (χ0) is 22.7. The van der Waals surface area contributed by atoms with E-state index in [-0.39, 0.29) is 18.4 Å². The minimum absolute atomic E-state index is 0.168. The minimum Gasteiger partial charge on any atom is -0.318 e. The number of imide groups is 1. The summed E-state index contributed by atoms with van der Waals surface area (Å²) < 4.78 is 13.3. The first-order valence-electron chi connectivity index (χ1n) is 9.92. The van der Waals surface area contributed by atoms with E-state index in [2.05, 4.69) is 16.1 Å². The summed E-state index contributed by atoms with van der Waals surface area (Å²) in [7, 11) is 0. The molecule has 0 radical (unpaired) electrons. The van der Waals surface area contributed by atoms with Crippen molar-refractivity contribution in [3.8, 4) is 0 Å². The molecule has 1 aromatic heterocycles. The van der Waals surface area contributed by atoms with Gasteiger partial charge in [-0.05, 0) is 41.6 Å². The van der Waals surface area contributed by atoms with Crippen molar-refractivity contribution in [2.24, 2.45) is 0 Å². The van der Waals surface area contributed by atoms with E-state index in [9.17, 15) is 18.8 Å². The molecule has 0 unspecified atom stereocenters. The highest BCUT2D eigenvalue weighted by molar-refractivity contribution is 7.10. The van der Waals surface area contributed by atoms with Crippen molar-refractivity contribution in [1.29, 1.82) is 0 Å². The van der Waals surface area contributed by atoms with Crippen molar-refractivity contribution < 1.29 is 18.8 Å². The van der Waals surface area contributed by atoms with Gasteiger partial charge in [-0.25, -0.2) is 9.18 Å². The van der Waals surface area contributed by atoms with Crippen molar-refractivity contribution in [3.63, 3.8) is 0 Å². The van der Waals surface area contributed by atoms with Crippen molar-refractivity contribution in [3.05, 3.63) is 93.9 Å². The van der Waals surface area contributed by atoms with Crippen LogP contribution < -0.4 is 16.1 Å². The third-order valence-corrected chi connectivity index (χ3v) is 6.21. The van der Waals surface area contributed by atoms with Gasteiger partial charge in [0, 0.05) is 4.88 Å². The van der Waals surface area contributed by atoms with Crippen LogP contribution in [-0.4, -0.2) is 29.4 Å². The highest BCUT2D eigenvalue weighted by Crippen LogP contribution is 2.28. The molecular formula is C23H21FN4O3S. The molecule has 1 fully saturated rings. The molecule has 3 aromatic rings. The lowest BCUT2D eigenvalue weighted by atomic mass is 9.92. The fourth-order valence-corrected chi connectivity index (χ4v) is 4.39. The fraction of sp³-hybridized carbons (Fsp3) is 0.174. The van der Waals surface area contributed by atoms with E-state index in [0.717, 1.165) is 10.4 Å². The number of thiophene rings is 1. The Kier molecular flexibility index (Phi) is 6.02.